The standard InChI is InChI=1S/C15H18N6S/c1-10-18-11(2)21(19-10)8-12-4-3-6-20(12)14-13-5-7-22-15(13)17-9-16-14/h5,7,9,12H,3-4,6,8H2,1-2H3/t12-/m1/s1. The number of hydrogen-bond acceptors (Lipinski definition) is 6. The van der Waals surface area contributed by atoms with E-state index in [2.05, 4.69) is 36.4 Å². The van der Waals surface area contributed by atoms with E-state index in [1.807, 2.05) is 18.5 Å². The Morgan fingerprint density at radius 2 is 2.23 bits per heavy atom. The number of rotatable bonds is 3. The Hall–Kier alpha value is -2.02. The van der Waals surface area contributed by atoms with Crippen molar-refractivity contribution in [2.75, 3.05) is 11.4 Å². The van der Waals surface area contributed by atoms with Crippen LogP contribution in [0.3, 0.4) is 0 Å². The second kappa shape index (κ2) is 5.31. The summed E-state index contributed by atoms with van der Waals surface area (Å²) in [5.41, 5.74) is 0. The van der Waals surface area contributed by atoms with Crippen molar-refractivity contribution in [3.63, 3.8) is 0 Å². The lowest BCUT2D eigenvalue weighted by molar-refractivity contribution is 0.495. The quantitative estimate of drug-likeness (QED) is 0.743. The van der Waals surface area contributed by atoms with Crippen molar-refractivity contribution in [1.82, 2.24) is 24.7 Å². The molecule has 1 aliphatic rings. The Bertz CT molecular complexity index is 807. The van der Waals surface area contributed by atoms with Gasteiger partial charge < -0.3 is 4.90 Å². The van der Waals surface area contributed by atoms with Crippen molar-refractivity contribution in [2.45, 2.75) is 39.3 Å². The van der Waals surface area contributed by atoms with Crippen LogP contribution in [0.4, 0.5) is 5.82 Å². The van der Waals surface area contributed by atoms with E-state index in [4.69, 9.17) is 0 Å². The molecule has 0 amide bonds. The summed E-state index contributed by atoms with van der Waals surface area (Å²) >= 11 is 1.67. The van der Waals surface area contributed by atoms with Crippen molar-refractivity contribution < 1.29 is 0 Å². The van der Waals surface area contributed by atoms with Gasteiger partial charge in [-0.3, -0.25) is 0 Å². The summed E-state index contributed by atoms with van der Waals surface area (Å²) in [6.07, 6.45) is 4.02. The van der Waals surface area contributed by atoms with Crippen LogP contribution in [0.1, 0.15) is 24.5 Å². The molecule has 0 spiro atoms. The second-order valence-corrected chi connectivity index (χ2v) is 6.61. The molecule has 4 rings (SSSR count). The lowest BCUT2D eigenvalue weighted by atomic mass is 10.2. The monoisotopic (exact) mass is 314 g/mol. The normalized spacial score (nSPS) is 18.5. The molecule has 0 saturated carbocycles. The molecule has 0 unspecified atom stereocenters. The van der Waals surface area contributed by atoms with Crippen LogP contribution in [0.25, 0.3) is 10.2 Å². The van der Waals surface area contributed by atoms with E-state index in [0.717, 1.165) is 47.2 Å². The first-order valence-corrected chi connectivity index (χ1v) is 8.43. The van der Waals surface area contributed by atoms with Gasteiger partial charge >= 0.3 is 0 Å². The Labute approximate surface area is 132 Å². The molecule has 114 valence electrons. The zero-order valence-electron chi connectivity index (χ0n) is 12.7. The largest absolute Gasteiger partial charge is 0.351 e. The third kappa shape index (κ3) is 2.25. The van der Waals surface area contributed by atoms with Gasteiger partial charge in [0.1, 0.15) is 28.6 Å². The number of anilines is 1. The smallest absolute Gasteiger partial charge is 0.147 e. The molecule has 7 heteroatoms. The van der Waals surface area contributed by atoms with Crippen LogP contribution in [0.5, 0.6) is 0 Å². The minimum atomic E-state index is 0.415. The summed E-state index contributed by atoms with van der Waals surface area (Å²) < 4.78 is 2.02. The van der Waals surface area contributed by atoms with Gasteiger partial charge in [-0.25, -0.2) is 19.6 Å². The van der Waals surface area contributed by atoms with Crippen LogP contribution < -0.4 is 4.90 Å². The van der Waals surface area contributed by atoms with E-state index in [0.29, 0.717) is 6.04 Å². The molecule has 3 aromatic rings. The molecule has 0 aromatic carbocycles. The first-order chi connectivity index (χ1) is 10.7. The predicted molar refractivity (Wildman–Crippen MR) is 87.3 cm³/mol. The Morgan fingerprint density at radius 3 is 3.05 bits per heavy atom. The first kappa shape index (κ1) is 13.6. The number of aromatic nitrogens is 5. The molecule has 1 atom stereocenters. The molecule has 0 radical (unpaired) electrons. The van der Waals surface area contributed by atoms with Gasteiger partial charge in [-0.05, 0) is 38.1 Å². The summed E-state index contributed by atoms with van der Waals surface area (Å²) in [5.74, 6) is 2.88. The molecule has 1 fully saturated rings. The van der Waals surface area contributed by atoms with Crippen molar-refractivity contribution in [2.24, 2.45) is 0 Å². The van der Waals surface area contributed by atoms with Crippen LogP contribution in [-0.2, 0) is 6.54 Å². The average molecular weight is 314 g/mol. The topological polar surface area (TPSA) is 59.7 Å². The zero-order valence-corrected chi connectivity index (χ0v) is 13.5. The lowest BCUT2D eigenvalue weighted by Gasteiger charge is -2.26. The fraction of sp³-hybridized carbons (Fsp3) is 0.467. The summed E-state index contributed by atoms with van der Waals surface area (Å²) in [4.78, 5) is 16.8. The summed E-state index contributed by atoms with van der Waals surface area (Å²) in [7, 11) is 0. The molecule has 0 aliphatic carbocycles. The maximum atomic E-state index is 4.56. The SMILES string of the molecule is Cc1nc(C)n(C[C@H]2CCCN2c2ncnc3sccc23)n1. The van der Waals surface area contributed by atoms with Gasteiger partial charge in [0.15, 0.2) is 0 Å². The number of hydrogen-bond donors (Lipinski definition) is 0. The van der Waals surface area contributed by atoms with Crippen molar-refractivity contribution >= 4 is 27.4 Å². The molecule has 1 aliphatic heterocycles. The van der Waals surface area contributed by atoms with E-state index in [1.54, 1.807) is 17.7 Å². The van der Waals surface area contributed by atoms with Gasteiger partial charge in [-0.15, -0.1) is 11.3 Å². The maximum absolute atomic E-state index is 4.56. The Balaban J connectivity index is 1.66. The van der Waals surface area contributed by atoms with Crippen molar-refractivity contribution in [3.05, 3.63) is 29.4 Å². The Morgan fingerprint density at radius 1 is 1.32 bits per heavy atom. The maximum Gasteiger partial charge on any atom is 0.147 e. The van der Waals surface area contributed by atoms with Gasteiger partial charge in [0, 0.05) is 6.54 Å². The Kier molecular flexibility index (Phi) is 3.29. The highest BCUT2D eigenvalue weighted by Crippen LogP contribution is 2.32. The second-order valence-electron chi connectivity index (χ2n) is 5.71. The molecular weight excluding hydrogens is 296 g/mol. The first-order valence-electron chi connectivity index (χ1n) is 7.55. The van der Waals surface area contributed by atoms with Gasteiger partial charge in [0.05, 0.1) is 18.0 Å². The van der Waals surface area contributed by atoms with Crippen LogP contribution in [0.2, 0.25) is 0 Å². The van der Waals surface area contributed by atoms with Gasteiger partial charge in [-0.1, -0.05) is 0 Å². The van der Waals surface area contributed by atoms with Crippen molar-refractivity contribution in [1.29, 1.82) is 0 Å². The summed E-state index contributed by atoms with van der Waals surface area (Å²) in [6.45, 7) is 5.86. The van der Waals surface area contributed by atoms with Gasteiger partial charge in [0.2, 0.25) is 0 Å². The number of aryl methyl sites for hydroxylation is 2. The number of fused-ring (bicyclic) bond motifs is 1. The fourth-order valence-electron chi connectivity index (χ4n) is 3.24. The number of thiophene rings is 1. The highest BCUT2D eigenvalue weighted by Gasteiger charge is 2.28. The third-order valence-electron chi connectivity index (χ3n) is 4.24. The van der Waals surface area contributed by atoms with Crippen LogP contribution in [0.15, 0.2) is 17.8 Å². The minimum Gasteiger partial charge on any atom is -0.351 e. The molecule has 22 heavy (non-hydrogen) atoms. The van der Waals surface area contributed by atoms with Crippen LogP contribution in [0, 0.1) is 13.8 Å². The van der Waals surface area contributed by atoms with E-state index in [1.165, 1.54) is 6.42 Å². The number of nitrogens with zero attached hydrogens (tertiary/aromatic N) is 6. The molecular formula is C15H18N6S. The van der Waals surface area contributed by atoms with E-state index in [-0.39, 0.29) is 0 Å². The third-order valence-corrected chi connectivity index (χ3v) is 5.06. The minimum absolute atomic E-state index is 0.415. The van der Waals surface area contributed by atoms with E-state index >= 15 is 0 Å². The molecule has 0 bridgehead atoms. The molecule has 1 saturated heterocycles. The van der Waals surface area contributed by atoms with E-state index in [9.17, 15) is 0 Å². The van der Waals surface area contributed by atoms with Gasteiger partial charge in [0.25, 0.3) is 0 Å². The molecule has 0 N–H and O–H groups in total. The van der Waals surface area contributed by atoms with E-state index < -0.39 is 0 Å². The zero-order chi connectivity index (χ0) is 15.1. The van der Waals surface area contributed by atoms with Crippen molar-refractivity contribution in [3.8, 4) is 0 Å². The summed E-state index contributed by atoms with van der Waals surface area (Å²) in [6, 6.07) is 2.54. The summed E-state index contributed by atoms with van der Waals surface area (Å²) in [5, 5.41) is 7.74. The highest BCUT2D eigenvalue weighted by molar-refractivity contribution is 7.16. The molecule has 3 aromatic heterocycles. The molecule has 4 heterocycles. The molecule has 6 nitrogen and oxygen atoms in total. The fourth-order valence-corrected chi connectivity index (χ4v) is 3.97. The lowest BCUT2D eigenvalue weighted by Crippen LogP contribution is -2.34. The predicted octanol–water partition coefficient (Wildman–Crippen LogP) is 2.57. The van der Waals surface area contributed by atoms with Crippen LogP contribution in [-0.4, -0.2) is 37.3 Å². The highest BCUT2D eigenvalue weighted by atomic mass is 32.1. The van der Waals surface area contributed by atoms with Crippen LogP contribution >= 0.6 is 11.3 Å². The average Bonchev–Trinajstić information content (AvgIpc) is 3.20. The van der Waals surface area contributed by atoms with Gasteiger partial charge in [-0.2, -0.15) is 5.10 Å².